The molecule has 2 nitrogen and oxygen atoms in total. The zero-order valence-corrected chi connectivity index (χ0v) is 18.3. The SMILES string of the molecule is C[CH2][Al]([CH2]Cc1ccccc1C=Nc1cccc(C)c1)[NH]c1ccccc1C. The van der Waals surface area contributed by atoms with E-state index in [0.29, 0.717) is 0 Å². The number of nitrogens with zero attached hydrogens (tertiary/aromatic N) is 1. The van der Waals surface area contributed by atoms with E-state index in [1.165, 1.54) is 38.5 Å². The Morgan fingerprint density at radius 1 is 0.929 bits per heavy atom. The van der Waals surface area contributed by atoms with Crippen molar-refractivity contribution in [3.8, 4) is 0 Å². The minimum absolute atomic E-state index is 1.01. The number of benzene rings is 3. The molecule has 142 valence electrons. The molecule has 0 bridgehead atoms. The maximum absolute atomic E-state index is 4.70. The van der Waals surface area contributed by atoms with E-state index in [-0.39, 0.29) is 0 Å². The highest BCUT2D eigenvalue weighted by Gasteiger charge is 2.17. The molecular formula is C25H29AlN2. The molecule has 0 fully saturated rings. The molecule has 3 heteroatoms. The van der Waals surface area contributed by atoms with Crippen molar-refractivity contribution in [2.75, 3.05) is 4.30 Å². The van der Waals surface area contributed by atoms with Gasteiger partial charge in [-0.25, -0.2) is 0 Å². The van der Waals surface area contributed by atoms with Crippen LogP contribution in [0.25, 0.3) is 0 Å². The Kier molecular flexibility index (Phi) is 7.48. The molecule has 3 aromatic carbocycles. The molecule has 0 atom stereocenters. The molecule has 0 spiro atoms. The Labute approximate surface area is 174 Å². The first-order valence-electron chi connectivity index (χ1n) is 10.2. The van der Waals surface area contributed by atoms with Crippen molar-refractivity contribution in [3.05, 3.63) is 95.1 Å². The van der Waals surface area contributed by atoms with Crippen LogP contribution in [0.2, 0.25) is 10.6 Å². The first-order valence-corrected chi connectivity index (χ1v) is 12.4. The van der Waals surface area contributed by atoms with Crippen LogP contribution in [0.5, 0.6) is 0 Å². The second-order valence-electron chi connectivity index (χ2n) is 7.40. The molecule has 0 radical (unpaired) electrons. The standard InChI is InChI=1S/C16H16N.C7H8N.C2H5.Al/c1-3-14-8-4-5-9-15(14)12-17-16-10-6-7-13(2)11-16;1-6-4-2-3-5-7(6)8;1-2;/h4-12H,1,3H2,2H3;2-5,8H,1H3;1H2,2H3;/q;-1;;+1. The van der Waals surface area contributed by atoms with Crippen LogP contribution < -0.4 is 4.30 Å². The van der Waals surface area contributed by atoms with Crippen molar-refractivity contribution < 1.29 is 0 Å². The molecule has 28 heavy (non-hydrogen) atoms. The van der Waals surface area contributed by atoms with Crippen molar-refractivity contribution in [2.45, 2.75) is 37.8 Å². The lowest BCUT2D eigenvalue weighted by molar-refractivity contribution is 1.09. The second-order valence-corrected chi connectivity index (χ2v) is 10.5. The van der Waals surface area contributed by atoms with Gasteiger partial charge in [-0.15, -0.1) is 0 Å². The molecule has 3 aromatic rings. The van der Waals surface area contributed by atoms with Gasteiger partial charge in [-0.05, 0) is 60.7 Å². The zero-order chi connectivity index (χ0) is 19.8. The minimum atomic E-state index is -1.04. The van der Waals surface area contributed by atoms with E-state index in [1.54, 1.807) is 0 Å². The number of anilines is 1. The van der Waals surface area contributed by atoms with Gasteiger partial charge in [-0.3, -0.25) is 4.99 Å². The van der Waals surface area contributed by atoms with Crippen LogP contribution in [0, 0.1) is 13.8 Å². The Balaban J connectivity index is 1.68. The zero-order valence-electron chi connectivity index (χ0n) is 17.2. The Morgan fingerprint density at radius 3 is 2.50 bits per heavy atom. The summed E-state index contributed by atoms with van der Waals surface area (Å²) in [6.45, 7) is 6.59. The smallest absolute Gasteiger partial charge is 0.411 e. The van der Waals surface area contributed by atoms with Crippen LogP contribution in [0.15, 0.2) is 77.8 Å². The molecular weight excluding hydrogens is 355 g/mol. The van der Waals surface area contributed by atoms with E-state index in [9.17, 15) is 0 Å². The third kappa shape index (κ3) is 5.83. The van der Waals surface area contributed by atoms with Crippen molar-refractivity contribution >= 4 is 32.0 Å². The highest BCUT2D eigenvalue weighted by atomic mass is 27.2. The topological polar surface area (TPSA) is 24.4 Å². The summed E-state index contributed by atoms with van der Waals surface area (Å²) in [7, 11) is 0. The van der Waals surface area contributed by atoms with Gasteiger partial charge in [0.2, 0.25) is 0 Å². The van der Waals surface area contributed by atoms with Gasteiger partial charge in [0.1, 0.15) is 0 Å². The van der Waals surface area contributed by atoms with E-state index in [4.69, 9.17) is 4.99 Å². The van der Waals surface area contributed by atoms with E-state index in [1.807, 2.05) is 6.21 Å². The highest BCUT2D eigenvalue weighted by Crippen LogP contribution is 2.19. The number of hydrogen-bond acceptors (Lipinski definition) is 2. The Hall–Kier alpha value is -2.34. The van der Waals surface area contributed by atoms with Gasteiger partial charge >= 0.3 is 14.4 Å². The molecule has 0 unspecified atom stereocenters. The van der Waals surface area contributed by atoms with E-state index >= 15 is 0 Å². The highest BCUT2D eigenvalue weighted by molar-refractivity contribution is 6.62. The second kappa shape index (κ2) is 10.3. The van der Waals surface area contributed by atoms with Crippen molar-refractivity contribution in [3.63, 3.8) is 0 Å². The molecule has 0 aliphatic rings. The number of nitrogens with one attached hydrogen (secondary N) is 1. The Morgan fingerprint density at radius 2 is 1.71 bits per heavy atom. The lowest BCUT2D eigenvalue weighted by atomic mass is 10.1. The van der Waals surface area contributed by atoms with Gasteiger partial charge in [0.15, 0.2) is 0 Å². The van der Waals surface area contributed by atoms with Gasteiger partial charge in [0.05, 0.1) is 5.69 Å². The van der Waals surface area contributed by atoms with E-state index in [2.05, 4.69) is 97.9 Å². The fraction of sp³-hybridized carbons (Fsp3) is 0.240. The largest absolute Gasteiger partial charge is 0.476 e. The molecule has 3 rings (SSSR count). The molecule has 0 heterocycles. The normalized spacial score (nSPS) is 11.0. The lowest BCUT2D eigenvalue weighted by Gasteiger charge is -2.16. The number of para-hydroxylation sites is 1. The number of rotatable bonds is 8. The molecule has 0 aromatic heterocycles. The molecule has 0 saturated heterocycles. The van der Waals surface area contributed by atoms with Gasteiger partial charge < -0.3 is 4.30 Å². The van der Waals surface area contributed by atoms with Gasteiger partial charge in [0, 0.05) is 11.9 Å². The van der Waals surface area contributed by atoms with Crippen molar-refractivity contribution in [1.82, 2.24) is 0 Å². The summed E-state index contributed by atoms with van der Waals surface area (Å²) in [5, 5.41) is 2.48. The predicted octanol–water partition coefficient (Wildman–Crippen LogP) is 6.72. The molecule has 0 saturated carbocycles. The predicted molar refractivity (Wildman–Crippen MR) is 124 cm³/mol. The van der Waals surface area contributed by atoms with E-state index < -0.39 is 14.4 Å². The maximum atomic E-state index is 4.70. The quantitative estimate of drug-likeness (QED) is 0.338. The maximum Gasteiger partial charge on any atom is 0.411 e. The molecule has 0 aliphatic carbocycles. The average molecular weight is 385 g/mol. The fourth-order valence-corrected chi connectivity index (χ4v) is 5.58. The van der Waals surface area contributed by atoms with Crippen LogP contribution in [0.3, 0.4) is 0 Å². The fourth-order valence-electron chi connectivity index (χ4n) is 3.40. The number of aryl methyl sites for hydroxylation is 3. The number of aliphatic imine (C=N–C) groups is 1. The summed E-state index contributed by atoms with van der Waals surface area (Å²) in [5.41, 5.74) is 7.49. The lowest BCUT2D eigenvalue weighted by Crippen LogP contribution is -2.24. The van der Waals surface area contributed by atoms with Crippen LogP contribution in [0.1, 0.15) is 29.2 Å². The summed E-state index contributed by atoms with van der Waals surface area (Å²) < 4.78 is 3.86. The van der Waals surface area contributed by atoms with Crippen LogP contribution in [-0.2, 0) is 6.42 Å². The summed E-state index contributed by atoms with van der Waals surface area (Å²) in [4.78, 5) is 4.70. The monoisotopic (exact) mass is 384 g/mol. The summed E-state index contributed by atoms with van der Waals surface area (Å²) in [6.07, 6.45) is 3.11. The molecule has 0 aliphatic heterocycles. The van der Waals surface area contributed by atoms with Crippen LogP contribution >= 0.6 is 0 Å². The van der Waals surface area contributed by atoms with Crippen molar-refractivity contribution in [1.29, 1.82) is 0 Å². The Bertz CT molecular complexity index is 933. The molecule has 1 N–H and O–H groups in total. The summed E-state index contributed by atoms with van der Waals surface area (Å²) >= 11 is -1.04. The summed E-state index contributed by atoms with van der Waals surface area (Å²) in [5.74, 6) is 0. The van der Waals surface area contributed by atoms with Crippen LogP contribution in [-0.4, -0.2) is 20.6 Å². The number of hydrogen-bond donors (Lipinski definition) is 1. The molecule has 0 amide bonds. The van der Waals surface area contributed by atoms with E-state index in [0.717, 1.165) is 12.1 Å². The average Bonchev–Trinajstić information content (AvgIpc) is 2.71. The van der Waals surface area contributed by atoms with Crippen LogP contribution in [0.4, 0.5) is 11.4 Å². The van der Waals surface area contributed by atoms with Gasteiger partial charge in [-0.1, -0.05) is 72.1 Å². The first kappa shape index (κ1) is 20.4. The van der Waals surface area contributed by atoms with Crippen molar-refractivity contribution in [2.24, 2.45) is 4.99 Å². The first-order chi connectivity index (χ1) is 13.7. The third-order valence-corrected chi connectivity index (χ3v) is 7.86. The summed E-state index contributed by atoms with van der Waals surface area (Å²) in [6, 6.07) is 25.6. The minimum Gasteiger partial charge on any atom is -0.476 e. The van der Waals surface area contributed by atoms with Gasteiger partial charge in [0.25, 0.3) is 0 Å². The third-order valence-electron chi connectivity index (χ3n) is 5.17. The van der Waals surface area contributed by atoms with Gasteiger partial charge in [-0.2, -0.15) is 0 Å².